The van der Waals surface area contributed by atoms with Crippen LogP contribution in [0.5, 0.6) is 0 Å². The molecule has 0 amide bonds. The summed E-state index contributed by atoms with van der Waals surface area (Å²) in [6, 6.07) is 20.8. The van der Waals surface area contributed by atoms with Gasteiger partial charge in [0.1, 0.15) is 0 Å². The lowest BCUT2D eigenvalue weighted by Crippen LogP contribution is -2.29. The van der Waals surface area contributed by atoms with Crippen LogP contribution in [0.25, 0.3) is 5.69 Å². The van der Waals surface area contributed by atoms with Crippen LogP contribution in [0.1, 0.15) is 40.3 Å². The molecule has 0 saturated carbocycles. The highest BCUT2D eigenvalue weighted by Crippen LogP contribution is 2.42. The van der Waals surface area contributed by atoms with Crippen LogP contribution in [0.2, 0.25) is 0 Å². The highest BCUT2D eigenvalue weighted by Gasteiger charge is 2.41. The second kappa shape index (κ2) is 9.08. The number of pyridine rings is 2. The third-order valence-corrected chi connectivity index (χ3v) is 7.05. The summed E-state index contributed by atoms with van der Waals surface area (Å²) in [5.41, 5.74) is 6.92. The van der Waals surface area contributed by atoms with Gasteiger partial charge in [-0.05, 0) is 91.8 Å². The van der Waals surface area contributed by atoms with Gasteiger partial charge < -0.3 is 14.8 Å². The van der Waals surface area contributed by atoms with Gasteiger partial charge in [-0.15, -0.1) is 0 Å². The van der Waals surface area contributed by atoms with Crippen molar-refractivity contribution < 1.29 is 0 Å². The van der Waals surface area contributed by atoms with Gasteiger partial charge in [-0.1, -0.05) is 22.0 Å². The Labute approximate surface area is 207 Å². The number of hydrogen-bond donors (Lipinski definition) is 1. The van der Waals surface area contributed by atoms with Gasteiger partial charge in [0.2, 0.25) is 0 Å². The molecule has 33 heavy (non-hydrogen) atoms. The molecule has 0 aliphatic carbocycles. The average Bonchev–Trinajstić information content (AvgIpc) is 3.31. The molecule has 0 radical (unpaired) electrons. The molecule has 1 saturated heterocycles. The first kappa shape index (κ1) is 21.8. The Bertz CT molecular complexity index is 1270. The fourth-order valence-electron chi connectivity index (χ4n) is 4.67. The Hall–Kier alpha value is -3.03. The first-order chi connectivity index (χ1) is 16.0. The third kappa shape index (κ3) is 4.18. The van der Waals surface area contributed by atoms with Crippen molar-refractivity contribution in [3.8, 4) is 5.69 Å². The molecule has 2 atom stereocenters. The third-order valence-electron chi connectivity index (χ3n) is 6.17. The minimum atomic E-state index is -0.0422. The Morgan fingerprint density at radius 2 is 1.76 bits per heavy atom. The number of hydrogen-bond acceptors (Lipinski definition) is 3. The number of benzene rings is 1. The lowest BCUT2D eigenvalue weighted by atomic mass is 9.96. The van der Waals surface area contributed by atoms with Crippen molar-refractivity contribution in [2.75, 3.05) is 0 Å². The van der Waals surface area contributed by atoms with Crippen LogP contribution >= 0.6 is 28.1 Å². The summed E-state index contributed by atoms with van der Waals surface area (Å²) >= 11 is 9.39. The molecule has 7 heteroatoms. The summed E-state index contributed by atoms with van der Waals surface area (Å²) in [6.07, 6.45) is 5.49. The number of aromatic nitrogens is 3. The van der Waals surface area contributed by atoms with Crippen LogP contribution in [0.3, 0.4) is 0 Å². The monoisotopic (exact) mass is 517 g/mol. The summed E-state index contributed by atoms with van der Waals surface area (Å²) in [4.78, 5) is 11.1. The lowest BCUT2D eigenvalue weighted by Gasteiger charge is -2.28. The molecular weight excluding hydrogens is 494 g/mol. The van der Waals surface area contributed by atoms with Crippen molar-refractivity contribution in [1.29, 1.82) is 0 Å². The van der Waals surface area contributed by atoms with E-state index in [4.69, 9.17) is 12.2 Å². The molecule has 4 aromatic rings. The maximum absolute atomic E-state index is 5.84. The molecule has 4 heterocycles. The van der Waals surface area contributed by atoms with E-state index in [-0.39, 0.29) is 12.1 Å². The first-order valence-electron chi connectivity index (χ1n) is 10.8. The van der Waals surface area contributed by atoms with Gasteiger partial charge in [-0.3, -0.25) is 9.97 Å². The quantitative estimate of drug-likeness (QED) is 0.338. The number of halogens is 1. The van der Waals surface area contributed by atoms with E-state index < -0.39 is 0 Å². The fourth-order valence-corrected chi connectivity index (χ4v) is 5.24. The van der Waals surface area contributed by atoms with E-state index in [1.165, 1.54) is 22.5 Å². The van der Waals surface area contributed by atoms with Crippen LogP contribution in [-0.2, 0) is 6.54 Å². The molecule has 166 valence electrons. The molecule has 1 aromatic carbocycles. The molecule has 1 aliphatic heterocycles. The summed E-state index contributed by atoms with van der Waals surface area (Å²) in [7, 11) is 0. The van der Waals surface area contributed by atoms with Crippen molar-refractivity contribution in [3.63, 3.8) is 0 Å². The van der Waals surface area contributed by atoms with Gasteiger partial charge in [0, 0.05) is 46.7 Å². The smallest absolute Gasteiger partial charge is 0.170 e. The average molecular weight is 518 g/mol. The normalized spacial score (nSPS) is 17.9. The van der Waals surface area contributed by atoms with Crippen molar-refractivity contribution in [2.24, 2.45) is 0 Å². The lowest BCUT2D eigenvalue weighted by molar-refractivity contribution is 0.310. The van der Waals surface area contributed by atoms with Gasteiger partial charge in [0.05, 0.1) is 17.8 Å². The standard InChI is InChI=1S/C26H24BrN5S/c1-17-15-22(18(2)32(17)21-8-6-20(27)7-9-21)25-24(23-5-3-4-12-29-23)30-26(33)31(25)16-19-10-13-28-14-11-19/h3-15,24-25H,16H2,1-2H3,(H,30,33)/t24-,25-/m1/s1. The number of aryl methyl sites for hydroxylation is 1. The van der Waals surface area contributed by atoms with Gasteiger partial charge >= 0.3 is 0 Å². The molecule has 0 spiro atoms. The molecule has 1 fully saturated rings. The van der Waals surface area contributed by atoms with E-state index >= 15 is 0 Å². The van der Waals surface area contributed by atoms with Crippen LogP contribution in [0, 0.1) is 13.8 Å². The molecule has 3 aromatic heterocycles. The molecule has 1 N–H and O–H groups in total. The zero-order valence-corrected chi connectivity index (χ0v) is 20.8. The largest absolute Gasteiger partial charge is 0.352 e. The number of nitrogens with zero attached hydrogens (tertiary/aromatic N) is 4. The summed E-state index contributed by atoms with van der Waals surface area (Å²) < 4.78 is 3.38. The zero-order valence-electron chi connectivity index (χ0n) is 18.4. The van der Waals surface area contributed by atoms with Crippen LogP contribution in [-0.4, -0.2) is 24.5 Å². The Morgan fingerprint density at radius 1 is 1.00 bits per heavy atom. The Morgan fingerprint density at radius 3 is 2.45 bits per heavy atom. The first-order valence-corrected chi connectivity index (χ1v) is 12.0. The zero-order chi connectivity index (χ0) is 22.9. The van der Waals surface area contributed by atoms with E-state index in [2.05, 4.69) is 90.9 Å². The Kier molecular flexibility index (Phi) is 6.00. The number of rotatable bonds is 5. The molecule has 0 bridgehead atoms. The van der Waals surface area contributed by atoms with Gasteiger partial charge in [-0.25, -0.2) is 0 Å². The van der Waals surface area contributed by atoms with Gasteiger partial charge in [0.25, 0.3) is 0 Å². The molecule has 1 aliphatic rings. The van der Waals surface area contributed by atoms with Crippen LogP contribution in [0.4, 0.5) is 0 Å². The van der Waals surface area contributed by atoms with Crippen molar-refractivity contribution in [2.45, 2.75) is 32.5 Å². The predicted molar refractivity (Wildman–Crippen MR) is 138 cm³/mol. The molecule has 0 unspecified atom stereocenters. The minimum Gasteiger partial charge on any atom is -0.352 e. The molecular formula is C26H24BrN5S. The number of thiocarbonyl (C=S) groups is 1. The highest BCUT2D eigenvalue weighted by molar-refractivity contribution is 9.10. The maximum Gasteiger partial charge on any atom is 0.170 e. The Balaban J connectivity index is 1.61. The van der Waals surface area contributed by atoms with E-state index in [1.807, 2.05) is 42.9 Å². The molecule has 5 rings (SSSR count). The number of nitrogens with one attached hydrogen (secondary N) is 1. The van der Waals surface area contributed by atoms with E-state index in [0.29, 0.717) is 6.54 Å². The van der Waals surface area contributed by atoms with Crippen LogP contribution in [0.15, 0.2) is 83.7 Å². The summed E-state index contributed by atoms with van der Waals surface area (Å²) in [6.45, 7) is 5.04. The van der Waals surface area contributed by atoms with E-state index in [9.17, 15) is 0 Å². The predicted octanol–water partition coefficient (Wildman–Crippen LogP) is 5.82. The van der Waals surface area contributed by atoms with Crippen LogP contribution < -0.4 is 5.32 Å². The molecule has 5 nitrogen and oxygen atoms in total. The van der Waals surface area contributed by atoms with E-state index in [1.54, 1.807) is 0 Å². The topological polar surface area (TPSA) is 46.0 Å². The second-order valence-electron chi connectivity index (χ2n) is 8.25. The second-order valence-corrected chi connectivity index (χ2v) is 9.55. The summed E-state index contributed by atoms with van der Waals surface area (Å²) in [5, 5.41) is 4.29. The van der Waals surface area contributed by atoms with E-state index in [0.717, 1.165) is 21.0 Å². The van der Waals surface area contributed by atoms with Crippen molar-refractivity contribution in [1.82, 2.24) is 24.8 Å². The van der Waals surface area contributed by atoms with Gasteiger partial charge in [-0.2, -0.15) is 0 Å². The highest BCUT2D eigenvalue weighted by atomic mass is 79.9. The van der Waals surface area contributed by atoms with Gasteiger partial charge in [0.15, 0.2) is 5.11 Å². The minimum absolute atomic E-state index is 0.0102. The maximum atomic E-state index is 5.84. The van der Waals surface area contributed by atoms with Crippen molar-refractivity contribution >= 4 is 33.3 Å². The fraction of sp³-hybridized carbons (Fsp3) is 0.192. The SMILES string of the molecule is Cc1cc([C@@H]2[C@@H](c3ccccn3)NC(=S)N2Cc2ccncc2)c(C)n1-c1ccc(Br)cc1. The van der Waals surface area contributed by atoms with Crippen molar-refractivity contribution in [3.05, 3.63) is 112 Å². The summed E-state index contributed by atoms with van der Waals surface area (Å²) in [5.74, 6) is 0.